The van der Waals surface area contributed by atoms with Crippen molar-refractivity contribution in [3.05, 3.63) is 55.7 Å². The minimum atomic E-state index is -0.540. The predicted molar refractivity (Wildman–Crippen MR) is 84.1 cm³/mol. The van der Waals surface area contributed by atoms with Gasteiger partial charge >= 0.3 is 5.69 Å². The van der Waals surface area contributed by atoms with E-state index in [1.807, 2.05) is 6.92 Å². The highest BCUT2D eigenvalue weighted by Crippen LogP contribution is 2.20. The van der Waals surface area contributed by atoms with Crippen LogP contribution in [0.15, 0.2) is 27.5 Å². The van der Waals surface area contributed by atoms with E-state index in [-0.39, 0.29) is 12.2 Å². The molecule has 0 aliphatic rings. The van der Waals surface area contributed by atoms with Gasteiger partial charge < -0.3 is 11.5 Å². The van der Waals surface area contributed by atoms with Gasteiger partial charge in [-0.2, -0.15) is 4.98 Å². The van der Waals surface area contributed by atoms with Crippen molar-refractivity contribution < 1.29 is 4.79 Å². The Hall–Kier alpha value is -2.15. The molecule has 1 aromatic carbocycles. The molecule has 4 N–H and O–H groups in total. The van der Waals surface area contributed by atoms with Crippen molar-refractivity contribution in [3.8, 4) is 0 Å². The average molecular weight is 351 g/mol. The summed E-state index contributed by atoms with van der Waals surface area (Å²) >= 11 is 3.41. The molecule has 0 fully saturated rings. The maximum absolute atomic E-state index is 12.0. The second-order valence-electron chi connectivity index (χ2n) is 4.74. The summed E-state index contributed by atoms with van der Waals surface area (Å²) in [6.07, 6.45) is 0. The van der Waals surface area contributed by atoms with E-state index >= 15 is 0 Å². The van der Waals surface area contributed by atoms with Crippen LogP contribution in [0.2, 0.25) is 0 Å². The summed E-state index contributed by atoms with van der Waals surface area (Å²) in [4.78, 5) is 27.1. The Morgan fingerprint density at radius 1 is 1.38 bits per heavy atom. The maximum atomic E-state index is 12.0. The van der Waals surface area contributed by atoms with Gasteiger partial charge in [-0.3, -0.25) is 9.36 Å². The first-order chi connectivity index (χ1) is 9.81. The lowest BCUT2D eigenvalue weighted by Gasteiger charge is -2.14. The predicted octanol–water partition coefficient (Wildman–Crippen LogP) is 1.35. The first kappa shape index (κ1) is 15.2. The van der Waals surface area contributed by atoms with Crippen LogP contribution in [0.1, 0.15) is 27.3 Å². The van der Waals surface area contributed by atoms with Gasteiger partial charge in [-0.25, -0.2) is 4.79 Å². The molecule has 7 heteroatoms. The topological polar surface area (TPSA) is 104 Å². The molecule has 6 nitrogen and oxygen atoms in total. The van der Waals surface area contributed by atoms with Gasteiger partial charge in [0.05, 0.1) is 16.7 Å². The van der Waals surface area contributed by atoms with Crippen LogP contribution in [0, 0.1) is 13.8 Å². The van der Waals surface area contributed by atoms with Gasteiger partial charge in [0, 0.05) is 16.9 Å². The van der Waals surface area contributed by atoms with Crippen LogP contribution >= 0.6 is 15.9 Å². The number of anilines is 1. The molecule has 0 aliphatic carbocycles. The third-order valence-corrected chi connectivity index (χ3v) is 4.44. The summed E-state index contributed by atoms with van der Waals surface area (Å²) in [5.41, 5.74) is 13.7. The van der Waals surface area contributed by atoms with Crippen molar-refractivity contribution in [2.75, 3.05) is 5.73 Å². The molecular formula is C14H15BrN4O2. The average Bonchev–Trinajstić information content (AvgIpc) is 2.42. The molecule has 0 aliphatic heterocycles. The fourth-order valence-electron chi connectivity index (χ4n) is 2.03. The summed E-state index contributed by atoms with van der Waals surface area (Å²) in [5, 5.41) is 0. The number of primary amides is 1. The van der Waals surface area contributed by atoms with E-state index in [1.54, 1.807) is 19.1 Å². The van der Waals surface area contributed by atoms with Crippen molar-refractivity contribution in [2.45, 2.75) is 20.4 Å². The van der Waals surface area contributed by atoms with E-state index in [2.05, 4.69) is 20.9 Å². The molecule has 1 heterocycles. The van der Waals surface area contributed by atoms with Crippen LogP contribution in [-0.2, 0) is 6.54 Å². The van der Waals surface area contributed by atoms with Crippen molar-refractivity contribution in [2.24, 2.45) is 5.73 Å². The molecular weight excluding hydrogens is 336 g/mol. The van der Waals surface area contributed by atoms with E-state index in [0.29, 0.717) is 16.9 Å². The number of halogens is 1. The van der Waals surface area contributed by atoms with Crippen molar-refractivity contribution in [3.63, 3.8) is 0 Å². The Balaban J connectivity index is 2.46. The standard InChI is InChI=1S/C14H15BrN4O2/c1-7-12(15)8(2)19(14(21)18-7)6-10-4-3-9(13(17)20)5-11(10)16/h3-5H,6,16H2,1-2H3,(H2,17,20). The SMILES string of the molecule is Cc1nc(=O)n(Cc2ccc(C(N)=O)cc2N)c(C)c1Br. The van der Waals surface area contributed by atoms with Crippen molar-refractivity contribution in [1.29, 1.82) is 0 Å². The largest absolute Gasteiger partial charge is 0.398 e. The van der Waals surface area contributed by atoms with Crippen molar-refractivity contribution in [1.82, 2.24) is 9.55 Å². The van der Waals surface area contributed by atoms with E-state index in [4.69, 9.17) is 11.5 Å². The van der Waals surface area contributed by atoms with Crippen LogP contribution in [0.5, 0.6) is 0 Å². The summed E-state index contributed by atoms with van der Waals surface area (Å²) in [6.45, 7) is 3.87. The van der Waals surface area contributed by atoms with E-state index in [0.717, 1.165) is 15.7 Å². The molecule has 21 heavy (non-hydrogen) atoms. The van der Waals surface area contributed by atoms with E-state index < -0.39 is 5.91 Å². The van der Waals surface area contributed by atoms with Crippen LogP contribution in [0.3, 0.4) is 0 Å². The zero-order valence-electron chi connectivity index (χ0n) is 11.7. The van der Waals surface area contributed by atoms with Gasteiger partial charge in [0.15, 0.2) is 0 Å². The molecule has 0 radical (unpaired) electrons. The number of aryl methyl sites for hydroxylation is 1. The minimum absolute atomic E-state index is 0.279. The molecule has 110 valence electrons. The molecule has 1 amide bonds. The second kappa shape index (κ2) is 5.69. The molecule has 0 spiro atoms. The lowest BCUT2D eigenvalue weighted by Crippen LogP contribution is -2.27. The number of carbonyl (C=O) groups is 1. The maximum Gasteiger partial charge on any atom is 0.348 e. The van der Waals surface area contributed by atoms with Gasteiger partial charge in [0.2, 0.25) is 5.91 Å². The number of amides is 1. The molecule has 0 unspecified atom stereocenters. The Bertz CT molecular complexity index is 783. The highest BCUT2D eigenvalue weighted by molar-refractivity contribution is 9.10. The minimum Gasteiger partial charge on any atom is -0.398 e. The number of hydrogen-bond donors (Lipinski definition) is 2. The monoisotopic (exact) mass is 350 g/mol. The molecule has 1 aromatic heterocycles. The number of carbonyl (C=O) groups excluding carboxylic acids is 1. The van der Waals surface area contributed by atoms with Crippen LogP contribution in [-0.4, -0.2) is 15.5 Å². The van der Waals surface area contributed by atoms with Gasteiger partial charge in [0.25, 0.3) is 0 Å². The molecule has 0 bridgehead atoms. The number of rotatable bonds is 3. The summed E-state index contributed by atoms with van der Waals surface area (Å²) in [7, 11) is 0. The molecule has 0 atom stereocenters. The number of hydrogen-bond acceptors (Lipinski definition) is 4. The Kier molecular flexibility index (Phi) is 4.13. The smallest absolute Gasteiger partial charge is 0.348 e. The van der Waals surface area contributed by atoms with Crippen LogP contribution < -0.4 is 17.2 Å². The number of nitrogen functional groups attached to an aromatic ring is 1. The van der Waals surface area contributed by atoms with Gasteiger partial charge in [-0.1, -0.05) is 6.07 Å². The van der Waals surface area contributed by atoms with E-state index in [9.17, 15) is 9.59 Å². The summed E-state index contributed by atoms with van der Waals surface area (Å²) < 4.78 is 2.31. The summed E-state index contributed by atoms with van der Waals surface area (Å²) in [6, 6.07) is 4.79. The van der Waals surface area contributed by atoms with Crippen LogP contribution in [0.4, 0.5) is 5.69 Å². The van der Waals surface area contributed by atoms with Gasteiger partial charge in [-0.05, 0) is 47.5 Å². The first-order valence-corrected chi connectivity index (χ1v) is 7.02. The highest BCUT2D eigenvalue weighted by Gasteiger charge is 2.12. The van der Waals surface area contributed by atoms with Gasteiger partial charge in [0.1, 0.15) is 0 Å². The Labute approximate surface area is 129 Å². The number of nitrogens with zero attached hydrogens (tertiary/aromatic N) is 2. The Morgan fingerprint density at radius 3 is 2.62 bits per heavy atom. The lowest BCUT2D eigenvalue weighted by molar-refractivity contribution is 0.100. The summed E-state index contributed by atoms with van der Waals surface area (Å²) in [5.74, 6) is -0.540. The van der Waals surface area contributed by atoms with Crippen LogP contribution in [0.25, 0.3) is 0 Å². The lowest BCUT2D eigenvalue weighted by atomic mass is 10.1. The third kappa shape index (κ3) is 2.97. The first-order valence-electron chi connectivity index (χ1n) is 6.23. The Morgan fingerprint density at radius 2 is 2.05 bits per heavy atom. The molecule has 2 rings (SSSR count). The zero-order chi connectivity index (χ0) is 15.7. The molecule has 0 saturated heterocycles. The quantitative estimate of drug-likeness (QED) is 0.815. The van der Waals surface area contributed by atoms with E-state index in [1.165, 1.54) is 10.6 Å². The normalized spacial score (nSPS) is 10.6. The van der Waals surface area contributed by atoms with Crippen molar-refractivity contribution >= 4 is 27.5 Å². The van der Waals surface area contributed by atoms with Gasteiger partial charge in [-0.15, -0.1) is 0 Å². The highest BCUT2D eigenvalue weighted by atomic mass is 79.9. The number of aromatic nitrogens is 2. The number of benzene rings is 1. The number of nitrogens with two attached hydrogens (primary N) is 2. The molecule has 0 saturated carbocycles. The second-order valence-corrected chi connectivity index (χ2v) is 5.54. The zero-order valence-corrected chi connectivity index (χ0v) is 13.3. The third-order valence-electron chi connectivity index (χ3n) is 3.29. The fourth-order valence-corrected chi connectivity index (χ4v) is 2.33. The molecule has 2 aromatic rings. The fraction of sp³-hybridized carbons (Fsp3) is 0.214.